The van der Waals surface area contributed by atoms with Gasteiger partial charge >= 0.3 is 5.97 Å². The highest BCUT2D eigenvalue weighted by molar-refractivity contribution is 7.92. The van der Waals surface area contributed by atoms with E-state index in [2.05, 4.69) is 5.32 Å². The van der Waals surface area contributed by atoms with Crippen LogP contribution in [0.2, 0.25) is 0 Å². The first kappa shape index (κ1) is 18.3. The number of ether oxygens (including phenoxy) is 1. The van der Waals surface area contributed by atoms with E-state index in [1.54, 1.807) is 25.1 Å². The predicted octanol–water partition coefficient (Wildman–Crippen LogP) is 1.16. The van der Waals surface area contributed by atoms with Gasteiger partial charge in [0.2, 0.25) is 15.9 Å². The first-order valence-corrected chi connectivity index (χ1v) is 9.71. The van der Waals surface area contributed by atoms with Crippen molar-refractivity contribution in [2.45, 2.75) is 19.8 Å². The van der Waals surface area contributed by atoms with Crippen LogP contribution in [-0.4, -0.2) is 46.2 Å². The number of anilines is 1. The van der Waals surface area contributed by atoms with E-state index < -0.39 is 16.0 Å². The Kier molecular flexibility index (Phi) is 5.82. The van der Waals surface area contributed by atoms with Crippen molar-refractivity contribution in [3.63, 3.8) is 0 Å². The molecular weight excluding hydrogens is 332 g/mol. The number of carbonyl (C=O) groups is 2. The molecule has 0 heterocycles. The van der Waals surface area contributed by atoms with E-state index in [1.165, 1.54) is 6.07 Å². The summed E-state index contributed by atoms with van der Waals surface area (Å²) >= 11 is 0. The number of benzene rings is 1. The third-order valence-corrected chi connectivity index (χ3v) is 4.81. The van der Waals surface area contributed by atoms with Crippen LogP contribution in [0.3, 0.4) is 0 Å². The van der Waals surface area contributed by atoms with Gasteiger partial charge in [0.25, 0.3) is 0 Å². The van der Waals surface area contributed by atoms with Crippen LogP contribution in [0.25, 0.3) is 0 Å². The number of rotatable bonds is 8. The van der Waals surface area contributed by atoms with Crippen molar-refractivity contribution in [1.82, 2.24) is 5.32 Å². The molecule has 0 radical (unpaired) electrons. The molecule has 1 aliphatic rings. The number of hydrogen-bond donors (Lipinski definition) is 1. The van der Waals surface area contributed by atoms with E-state index in [0.29, 0.717) is 0 Å². The molecule has 1 aromatic rings. The Balaban J connectivity index is 2.18. The fourth-order valence-corrected chi connectivity index (χ4v) is 3.25. The lowest BCUT2D eigenvalue weighted by Crippen LogP contribution is -2.39. The van der Waals surface area contributed by atoms with Crippen LogP contribution in [0, 0.1) is 5.92 Å². The SMILES string of the molecule is CCOC(=O)c1ccccc1N(CCNC(=O)C1CC1)S(C)(=O)=O. The minimum absolute atomic E-state index is 0.0493. The van der Waals surface area contributed by atoms with Gasteiger partial charge in [0.1, 0.15) is 0 Å². The zero-order valence-electron chi connectivity index (χ0n) is 13.8. The molecule has 2 rings (SSSR count). The molecule has 0 bridgehead atoms. The predicted molar refractivity (Wildman–Crippen MR) is 90.3 cm³/mol. The molecule has 0 saturated heterocycles. The van der Waals surface area contributed by atoms with Gasteiger partial charge in [-0.3, -0.25) is 9.10 Å². The zero-order chi connectivity index (χ0) is 17.7. The normalized spacial score (nSPS) is 14.1. The van der Waals surface area contributed by atoms with Gasteiger partial charge in [0, 0.05) is 12.5 Å². The average molecular weight is 354 g/mol. The number of sulfonamides is 1. The lowest BCUT2D eigenvalue weighted by Gasteiger charge is -2.24. The van der Waals surface area contributed by atoms with Gasteiger partial charge in [0.15, 0.2) is 0 Å². The quantitative estimate of drug-likeness (QED) is 0.707. The Morgan fingerprint density at radius 1 is 1.29 bits per heavy atom. The Morgan fingerprint density at radius 3 is 2.54 bits per heavy atom. The largest absolute Gasteiger partial charge is 0.462 e. The highest BCUT2D eigenvalue weighted by atomic mass is 32.2. The molecule has 0 atom stereocenters. The van der Waals surface area contributed by atoms with Crippen LogP contribution < -0.4 is 9.62 Å². The fraction of sp³-hybridized carbons (Fsp3) is 0.500. The van der Waals surface area contributed by atoms with Crippen LogP contribution in [0.4, 0.5) is 5.69 Å². The third kappa shape index (κ3) is 4.70. The molecular formula is C16H22N2O5S. The van der Waals surface area contributed by atoms with Gasteiger partial charge in [0.05, 0.1) is 30.7 Å². The molecule has 1 saturated carbocycles. The van der Waals surface area contributed by atoms with E-state index in [4.69, 9.17) is 4.74 Å². The molecule has 1 aliphatic carbocycles. The summed E-state index contributed by atoms with van der Waals surface area (Å²) in [4.78, 5) is 23.7. The summed E-state index contributed by atoms with van der Waals surface area (Å²) in [6, 6.07) is 6.37. The maximum atomic E-state index is 12.1. The van der Waals surface area contributed by atoms with Crippen molar-refractivity contribution in [3.05, 3.63) is 29.8 Å². The van der Waals surface area contributed by atoms with Crippen LogP contribution in [-0.2, 0) is 19.6 Å². The van der Waals surface area contributed by atoms with E-state index in [0.717, 1.165) is 23.4 Å². The van der Waals surface area contributed by atoms with Crippen molar-refractivity contribution >= 4 is 27.6 Å². The van der Waals surface area contributed by atoms with E-state index in [9.17, 15) is 18.0 Å². The summed E-state index contributed by atoms with van der Waals surface area (Å²) in [5.74, 6) is -0.575. The molecule has 0 spiro atoms. The second-order valence-corrected chi connectivity index (χ2v) is 7.54. The molecule has 1 N–H and O–H groups in total. The second-order valence-electron chi connectivity index (χ2n) is 5.64. The summed E-state index contributed by atoms with van der Waals surface area (Å²) in [6.45, 7) is 2.11. The number of amides is 1. The molecule has 1 amide bonds. The smallest absolute Gasteiger partial charge is 0.340 e. The van der Waals surface area contributed by atoms with Gasteiger partial charge in [-0.25, -0.2) is 13.2 Å². The molecule has 0 aromatic heterocycles. The summed E-state index contributed by atoms with van der Waals surface area (Å²) < 4.78 is 30.4. The van der Waals surface area contributed by atoms with Crippen molar-refractivity contribution < 1.29 is 22.7 Å². The highest BCUT2D eigenvalue weighted by Crippen LogP contribution is 2.28. The van der Waals surface area contributed by atoms with Gasteiger partial charge in [-0.2, -0.15) is 0 Å². The molecule has 0 aliphatic heterocycles. The Hall–Kier alpha value is -2.09. The van der Waals surface area contributed by atoms with Crippen molar-refractivity contribution in [2.24, 2.45) is 5.92 Å². The fourth-order valence-electron chi connectivity index (χ4n) is 2.31. The lowest BCUT2D eigenvalue weighted by molar-refractivity contribution is -0.122. The number of esters is 1. The topological polar surface area (TPSA) is 92.8 Å². The minimum atomic E-state index is -3.62. The van der Waals surface area contributed by atoms with Gasteiger partial charge in [-0.05, 0) is 31.9 Å². The van der Waals surface area contributed by atoms with Crippen LogP contribution in [0.15, 0.2) is 24.3 Å². The second kappa shape index (κ2) is 7.65. The van der Waals surface area contributed by atoms with Crippen molar-refractivity contribution in [2.75, 3.05) is 30.3 Å². The molecule has 0 unspecified atom stereocenters. The van der Waals surface area contributed by atoms with Crippen molar-refractivity contribution in [1.29, 1.82) is 0 Å². The number of nitrogens with zero attached hydrogens (tertiary/aromatic N) is 1. The number of hydrogen-bond acceptors (Lipinski definition) is 5. The standard InChI is InChI=1S/C16H22N2O5S/c1-3-23-16(20)13-6-4-5-7-14(13)18(24(2,21)22)11-10-17-15(19)12-8-9-12/h4-7,12H,3,8-11H2,1-2H3,(H,17,19). The van der Waals surface area contributed by atoms with Crippen molar-refractivity contribution in [3.8, 4) is 0 Å². The first-order chi connectivity index (χ1) is 11.3. The Morgan fingerprint density at radius 2 is 1.96 bits per heavy atom. The van der Waals surface area contributed by atoms with Gasteiger partial charge in [-0.15, -0.1) is 0 Å². The summed E-state index contributed by atoms with van der Waals surface area (Å²) in [5.41, 5.74) is 0.428. The number of carbonyl (C=O) groups excluding carboxylic acids is 2. The van der Waals surface area contributed by atoms with E-state index >= 15 is 0 Å². The molecule has 7 nitrogen and oxygen atoms in total. The lowest BCUT2D eigenvalue weighted by atomic mass is 10.2. The Labute approximate surface area is 142 Å². The monoisotopic (exact) mass is 354 g/mol. The van der Waals surface area contributed by atoms with Gasteiger partial charge in [-0.1, -0.05) is 12.1 Å². The summed E-state index contributed by atoms with van der Waals surface area (Å²) in [5, 5.41) is 2.73. The van der Waals surface area contributed by atoms with E-state index in [-0.39, 0.29) is 42.8 Å². The highest BCUT2D eigenvalue weighted by Gasteiger charge is 2.30. The molecule has 1 fully saturated rings. The number of nitrogens with one attached hydrogen (secondary N) is 1. The maximum Gasteiger partial charge on any atom is 0.340 e. The van der Waals surface area contributed by atoms with E-state index in [1.807, 2.05) is 0 Å². The summed E-state index contributed by atoms with van der Waals surface area (Å²) in [7, 11) is -3.62. The zero-order valence-corrected chi connectivity index (χ0v) is 14.6. The minimum Gasteiger partial charge on any atom is -0.462 e. The first-order valence-electron chi connectivity index (χ1n) is 7.86. The van der Waals surface area contributed by atoms with Crippen LogP contribution in [0.5, 0.6) is 0 Å². The molecule has 24 heavy (non-hydrogen) atoms. The number of para-hydroxylation sites is 1. The van der Waals surface area contributed by atoms with Crippen LogP contribution in [0.1, 0.15) is 30.1 Å². The van der Waals surface area contributed by atoms with Gasteiger partial charge < -0.3 is 10.1 Å². The summed E-state index contributed by atoms with van der Waals surface area (Å²) in [6.07, 6.45) is 2.83. The Bertz CT molecular complexity index is 713. The molecule has 1 aromatic carbocycles. The maximum absolute atomic E-state index is 12.1. The molecule has 8 heteroatoms. The third-order valence-electron chi connectivity index (χ3n) is 3.63. The van der Waals surface area contributed by atoms with Crippen LogP contribution >= 0.6 is 0 Å². The average Bonchev–Trinajstić information content (AvgIpc) is 3.35. The molecule has 132 valence electrons.